The number of ether oxygens (including phenoxy) is 2. The van der Waals surface area contributed by atoms with Crippen molar-refractivity contribution < 1.29 is 14.3 Å². The number of amides is 2. The predicted octanol–water partition coefficient (Wildman–Crippen LogP) is 1.75. The summed E-state index contributed by atoms with van der Waals surface area (Å²) >= 11 is 0. The lowest BCUT2D eigenvalue weighted by Crippen LogP contribution is -2.32. The highest BCUT2D eigenvalue weighted by molar-refractivity contribution is 5.90. The minimum Gasteiger partial charge on any atom is -0.454 e. The van der Waals surface area contributed by atoms with E-state index in [0.29, 0.717) is 30.3 Å². The quantitative estimate of drug-likeness (QED) is 0.896. The number of urea groups is 1. The fraction of sp³-hybridized carbons (Fsp3) is 0.400. The topological polar surface area (TPSA) is 90.3 Å². The van der Waals surface area contributed by atoms with Gasteiger partial charge >= 0.3 is 6.03 Å². The Morgan fingerprint density at radius 3 is 2.70 bits per heavy atom. The van der Waals surface area contributed by atoms with Crippen molar-refractivity contribution in [3.8, 4) is 11.5 Å². The van der Waals surface area contributed by atoms with Gasteiger partial charge in [-0.05, 0) is 32.4 Å². The third kappa shape index (κ3) is 3.36. The van der Waals surface area contributed by atoms with Crippen LogP contribution in [0.15, 0.2) is 12.1 Å². The number of aryl methyl sites for hydroxylation is 3. The lowest BCUT2D eigenvalue weighted by atomic mass is 10.2. The second kappa shape index (κ2) is 6.15. The first-order valence-electron chi connectivity index (χ1n) is 7.36. The van der Waals surface area contributed by atoms with Gasteiger partial charge in [-0.25, -0.2) is 14.5 Å². The third-order valence-corrected chi connectivity index (χ3v) is 3.54. The van der Waals surface area contributed by atoms with Crippen molar-refractivity contribution in [2.45, 2.75) is 27.3 Å². The van der Waals surface area contributed by atoms with Gasteiger partial charge in [0.2, 0.25) is 6.79 Å². The summed E-state index contributed by atoms with van der Waals surface area (Å²) in [4.78, 5) is 16.2. The van der Waals surface area contributed by atoms with Gasteiger partial charge in [0.05, 0.1) is 6.54 Å². The van der Waals surface area contributed by atoms with Crippen LogP contribution in [0.1, 0.15) is 17.2 Å². The van der Waals surface area contributed by atoms with Gasteiger partial charge in [-0.1, -0.05) is 0 Å². The zero-order valence-electron chi connectivity index (χ0n) is 13.3. The molecule has 0 saturated carbocycles. The van der Waals surface area contributed by atoms with Crippen LogP contribution in [0.5, 0.6) is 11.5 Å². The van der Waals surface area contributed by atoms with E-state index in [0.717, 1.165) is 17.2 Å². The number of nitrogens with zero attached hydrogens (tertiary/aromatic N) is 3. The monoisotopic (exact) mass is 317 g/mol. The van der Waals surface area contributed by atoms with Crippen molar-refractivity contribution in [3.63, 3.8) is 0 Å². The van der Waals surface area contributed by atoms with Crippen LogP contribution in [0.4, 0.5) is 10.5 Å². The molecule has 0 atom stereocenters. The standard InChI is InChI=1S/C15H19N5O3/c1-9-6-13-14(23-8-22-13)7-12(9)18-15(21)16-4-5-20-11(3)17-10(2)19-20/h6-7H,4-5,8H2,1-3H3,(H2,16,18,21). The molecule has 1 aromatic carbocycles. The lowest BCUT2D eigenvalue weighted by molar-refractivity contribution is 0.174. The fourth-order valence-corrected chi connectivity index (χ4v) is 2.39. The SMILES string of the molecule is Cc1nc(C)n(CCNC(=O)Nc2cc3c(cc2C)OCO3)n1. The van der Waals surface area contributed by atoms with E-state index in [1.54, 1.807) is 10.7 Å². The average molecular weight is 317 g/mol. The van der Waals surface area contributed by atoms with Crippen LogP contribution in [0.25, 0.3) is 0 Å². The lowest BCUT2D eigenvalue weighted by Gasteiger charge is -2.11. The molecule has 0 bridgehead atoms. The molecule has 1 aromatic heterocycles. The summed E-state index contributed by atoms with van der Waals surface area (Å²) in [6.07, 6.45) is 0. The minimum atomic E-state index is -0.276. The van der Waals surface area contributed by atoms with Gasteiger partial charge < -0.3 is 20.1 Å². The summed E-state index contributed by atoms with van der Waals surface area (Å²) in [5, 5.41) is 9.86. The predicted molar refractivity (Wildman–Crippen MR) is 83.8 cm³/mol. The summed E-state index contributed by atoms with van der Waals surface area (Å²) in [5.41, 5.74) is 1.60. The summed E-state index contributed by atoms with van der Waals surface area (Å²) in [6, 6.07) is 3.34. The molecule has 2 aromatic rings. The van der Waals surface area contributed by atoms with E-state index < -0.39 is 0 Å². The van der Waals surface area contributed by atoms with E-state index in [2.05, 4.69) is 20.7 Å². The molecule has 2 amide bonds. The molecular formula is C15H19N5O3. The number of nitrogens with one attached hydrogen (secondary N) is 2. The smallest absolute Gasteiger partial charge is 0.319 e. The average Bonchev–Trinajstić information content (AvgIpc) is 3.05. The first-order valence-corrected chi connectivity index (χ1v) is 7.36. The first-order chi connectivity index (χ1) is 11.0. The second-order valence-corrected chi connectivity index (χ2v) is 5.33. The van der Waals surface area contributed by atoms with Gasteiger partial charge in [-0.15, -0.1) is 0 Å². The van der Waals surface area contributed by atoms with E-state index >= 15 is 0 Å². The van der Waals surface area contributed by atoms with Crippen molar-refractivity contribution in [1.29, 1.82) is 0 Å². The summed E-state index contributed by atoms with van der Waals surface area (Å²) in [7, 11) is 0. The normalized spacial score (nSPS) is 12.3. The highest BCUT2D eigenvalue weighted by Crippen LogP contribution is 2.36. The van der Waals surface area contributed by atoms with E-state index in [-0.39, 0.29) is 12.8 Å². The Morgan fingerprint density at radius 2 is 2.00 bits per heavy atom. The van der Waals surface area contributed by atoms with Gasteiger partial charge in [0, 0.05) is 18.3 Å². The molecule has 2 N–H and O–H groups in total. The Bertz CT molecular complexity index is 741. The molecule has 23 heavy (non-hydrogen) atoms. The largest absolute Gasteiger partial charge is 0.454 e. The molecule has 0 saturated heterocycles. The summed E-state index contributed by atoms with van der Waals surface area (Å²) < 4.78 is 12.4. The Labute approximate surface area is 133 Å². The molecular weight excluding hydrogens is 298 g/mol. The molecule has 0 aliphatic carbocycles. The maximum atomic E-state index is 12.0. The van der Waals surface area contributed by atoms with Crippen LogP contribution in [-0.4, -0.2) is 34.1 Å². The highest BCUT2D eigenvalue weighted by atomic mass is 16.7. The van der Waals surface area contributed by atoms with Gasteiger partial charge in [-0.2, -0.15) is 5.10 Å². The number of carbonyl (C=O) groups excluding carboxylic acids is 1. The minimum absolute atomic E-state index is 0.209. The number of aromatic nitrogens is 3. The highest BCUT2D eigenvalue weighted by Gasteiger charge is 2.16. The molecule has 0 fully saturated rings. The van der Waals surface area contributed by atoms with Crippen LogP contribution < -0.4 is 20.1 Å². The van der Waals surface area contributed by atoms with Gasteiger partial charge in [0.1, 0.15) is 11.6 Å². The molecule has 2 heterocycles. The molecule has 0 spiro atoms. The van der Waals surface area contributed by atoms with E-state index in [1.165, 1.54) is 0 Å². The zero-order valence-corrected chi connectivity index (χ0v) is 13.3. The maximum Gasteiger partial charge on any atom is 0.319 e. The van der Waals surface area contributed by atoms with Crippen LogP contribution >= 0.6 is 0 Å². The first kappa shape index (κ1) is 15.1. The molecule has 1 aliphatic rings. The maximum absolute atomic E-state index is 12.0. The van der Waals surface area contributed by atoms with E-state index in [9.17, 15) is 4.79 Å². The number of benzene rings is 1. The van der Waals surface area contributed by atoms with Gasteiger partial charge in [-0.3, -0.25) is 0 Å². The third-order valence-electron chi connectivity index (χ3n) is 3.54. The van der Waals surface area contributed by atoms with Gasteiger partial charge in [0.15, 0.2) is 11.5 Å². The van der Waals surface area contributed by atoms with Crippen LogP contribution in [0.2, 0.25) is 0 Å². The number of hydrogen-bond donors (Lipinski definition) is 2. The van der Waals surface area contributed by atoms with Crippen LogP contribution in [-0.2, 0) is 6.54 Å². The van der Waals surface area contributed by atoms with E-state index in [4.69, 9.17) is 9.47 Å². The van der Waals surface area contributed by atoms with Crippen molar-refractivity contribution in [3.05, 3.63) is 29.3 Å². The Morgan fingerprint density at radius 1 is 1.26 bits per heavy atom. The van der Waals surface area contributed by atoms with Crippen LogP contribution in [0.3, 0.4) is 0 Å². The molecule has 8 heteroatoms. The Kier molecular flexibility index (Phi) is 4.05. The molecule has 8 nitrogen and oxygen atoms in total. The molecule has 1 aliphatic heterocycles. The Hall–Kier alpha value is -2.77. The fourth-order valence-electron chi connectivity index (χ4n) is 2.39. The van der Waals surface area contributed by atoms with E-state index in [1.807, 2.05) is 26.8 Å². The summed E-state index contributed by atoms with van der Waals surface area (Å²) in [5.74, 6) is 2.89. The van der Waals surface area contributed by atoms with Crippen molar-refractivity contribution in [1.82, 2.24) is 20.1 Å². The number of fused-ring (bicyclic) bond motifs is 1. The summed E-state index contributed by atoms with van der Waals surface area (Å²) in [6.45, 7) is 6.86. The molecule has 0 radical (unpaired) electrons. The molecule has 122 valence electrons. The van der Waals surface area contributed by atoms with Crippen molar-refractivity contribution in [2.24, 2.45) is 0 Å². The van der Waals surface area contributed by atoms with Gasteiger partial charge in [0.25, 0.3) is 0 Å². The number of rotatable bonds is 4. The molecule has 0 unspecified atom stereocenters. The Balaban J connectivity index is 1.54. The number of anilines is 1. The number of carbonyl (C=O) groups is 1. The number of hydrogen-bond acceptors (Lipinski definition) is 5. The van der Waals surface area contributed by atoms with Crippen LogP contribution in [0, 0.1) is 20.8 Å². The van der Waals surface area contributed by atoms with Crippen molar-refractivity contribution >= 4 is 11.7 Å². The molecule has 3 rings (SSSR count). The zero-order chi connectivity index (χ0) is 16.4. The second-order valence-electron chi connectivity index (χ2n) is 5.33. The van der Waals surface area contributed by atoms with Crippen molar-refractivity contribution in [2.75, 3.05) is 18.7 Å².